The van der Waals surface area contributed by atoms with E-state index in [-0.39, 0.29) is 16.0 Å². The molecule has 1 N–H and O–H groups in total. The van der Waals surface area contributed by atoms with Gasteiger partial charge in [-0.05, 0) is 11.6 Å². The summed E-state index contributed by atoms with van der Waals surface area (Å²) < 4.78 is 0. The van der Waals surface area contributed by atoms with Crippen molar-refractivity contribution in [2.75, 3.05) is 6.54 Å². The first kappa shape index (κ1) is 11.1. The van der Waals surface area contributed by atoms with Gasteiger partial charge in [0.1, 0.15) is 11.3 Å². The molecule has 1 heterocycles. The topological polar surface area (TPSA) is 89.2 Å². The molecule has 0 fully saturated rings. The summed E-state index contributed by atoms with van der Waals surface area (Å²) in [6.07, 6.45) is -0.166. The van der Waals surface area contributed by atoms with Gasteiger partial charge in [0.25, 0.3) is 0 Å². The first-order valence-corrected chi connectivity index (χ1v) is 4.24. The van der Waals surface area contributed by atoms with Crippen molar-refractivity contribution in [3.8, 4) is 0 Å². The highest BCUT2D eigenvalue weighted by atomic mass is 35.5. The lowest BCUT2D eigenvalue weighted by Crippen LogP contribution is -2.13. The van der Waals surface area contributed by atoms with Gasteiger partial charge in [-0.15, -0.1) is 0 Å². The summed E-state index contributed by atoms with van der Waals surface area (Å²) in [6, 6.07) is 0. The van der Waals surface area contributed by atoms with Crippen LogP contribution < -0.4 is 0 Å². The molecule has 0 aromatic carbocycles. The standard InChI is InChI=1S/C6H5Cl2N3O3/c7-5-3(1-9-6(8)10-5)4(12)2-11(13)14/h1,4,12H,2H2. The molecule has 0 aliphatic heterocycles. The summed E-state index contributed by atoms with van der Waals surface area (Å²) in [7, 11) is 0. The Labute approximate surface area is 88.7 Å². The Morgan fingerprint density at radius 1 is 1.64 bits per heavy atom. The molecule has 14 heavy (non-hydrogen) atoms. The summed E-state index contributed by atoms with van der Waals surface area (Å²) in [5.74, 6) is 0. The van der Waals surface area contributed by atoms with E-state index in [1.807, 2.05) is 0 Å². The van der Waals surface area contributed by atoms with Crippen LogP contribution in [0, 0.1) is 10.1 Å². The van der Waals surface area contributed by atoms with Crippen LogP contribution in [0.1, 0.15) is 11.7 Å². The highest BCUT2D eigenvalue weighted by Gasteiger charge is 2.18. The van der Waals surface area contributed by atoms with Gasteiger partial charge in [0, 0.05) is 16.7 Å². The van der Waals surface area contributed by atoms with Crippen LogP contribution in [-0.4, -0.2) is 26.5 Å². The largest absolute Gasteiger partial charge is 0.381 e. The summed E-state index contributed by atoms with van der Waals surface area (Å²) >= 11 is 11.0. The van der Waals surface area contributed by atoms with Gasteiger partial charge in [0.2, 0.25) is 11.8 Å². The van der Waals surface area contributed by atoms with E-state index in [4.69, 9.17) is 23.2 Å². The zero-order valence-corrected chi connectivity index (χ0v) is 8.23. The summed E-state index contributed by atoms with van der Waals surface area (Å²) in [5.41, 5.74) is 0.0905. The van der Waals surface area contributed by atoms with Gasteiger partial charge in [-0.1, -0.05) is 11.6 Å². The van der Waals surface area contributed by atoms with Crippen molar-refractivity contribution in [2.45, 2.75) is 6.10 Å². The van der Waals surface area contributed by atoms with E-state index in [0.717, 1.165) is 6.20 Å². The Morgan fingerprint density at radius 2 is 2.29 bits per heavy atom. The van der Waals surface area contributed by atoms with Gasteiger partial charge in [-0.3, -0.25) is 10.1 Å². The minimum Gasteiger partial charge on any atom is -0.381 e. The summed E-state index contributed by atoms with van der Waals surface area (Å²) in [4.78, 5) is 16.5. The second kappa shape index (κ2) is 4.50. The number of halogens is 2. The van der Waals surface area contributed by atoms with E-state index in [0.29, 0.717) is 0 Å². The Kier molecular flexibility index (Phi) is 3.56. The van der Waals surface area contributed by atoms with Crippen LogP contribution in [0.2, 0.25) is 10.4 Å². The van der Waals surface area contributed by atoms with E-state index in [2.05, 4.69) is 9.97 Å². The number of aromatic nitrogens is 2. The third-order valence-corrected chi connectivity index (χ3v) is 1.90. The molecule has 1 atom stereocenters. The minimum absolute atomic E-state index is 0.0768. The Balaban J connectivity index is 2.90. The zero-order valence-electron chi connectivity index (χ0n) is 6.72. The van der Waals surface area contributed by atoms with Crippen molar-refractivity contribution in [1.82, 2.24) is 9.97 Å². The second-order valence-electron chi connectivity index (χ2n) is 2.42. The van der Waals surface area contributed by atoms with Crippen LogP contribution in [0.25, 0.3) is 0 Å². The summed E-state index contributed by atoms with van der Waals surface area (Å²) in [5, 5.41) is 19.2. The average molecular weight is 238 g/mol. The lowest BCUT2D eigenvalue weighted by atomic mass is 10.2. The molecule has 6 nitrogen and oxygen atoms in total. The molecule has 8 heteroatoms. The number of hydrogen-bond acceptors (Lipinski definition) is 5. The fourth-order valence-corrected chi connectivity index (χ4v) is 1.24. The smallest absolute Gasteiger partial charge is 0.233 e. The maximum absolute atomic E-state index is 10.1. The predicted octanol–water partition coefficient (Wildman–Crippen LogP) is 1.09. The second-order valence-corrected chi connectivity index (χ2v) is 3.11. The van der Waals surface area contributed by atoms with Crippen LogP contribution >= 0.6 is 23.2 Å². The lowest BCUT2D eigenvalue weighted by Gasteiger charge is -2.06. The quantitative estimate of drug-likeness (QED) is 0.368. The number of aliphatic hydroxyl groups is 1. The van der Waals surface area contributed by atoms with Crippen molar-refractivity contribution in [3.05, 3.63) is 32.3 Å². The predicted molar refractivity (Wildman–Crippen MR) is 48.9 cm³/mol. The molecular formula is C6H5Cl2N3O3. The van der Waals surface area contributed by atoms with Crippen LogP contribution in [0.5, 0.6) is 0 Å². The fraction of sp³-hybridized carbons (Fsp3) is 0.333. The normalized spacial score (nSPS) is 12.5. The van der Waals surface area contributed by atoms with Crippen LogP contribution in [-0.2, 0) is 0 Å². The Morgan fingerprint density at radius 3 is 2.79 bits per heavy atom. The maximum Gasteiger partial charge on any atom is 0.233 e. The van der Waals surface area contributed by atoms with Crippen LogP contribution in [0.4, 0.5) is 0 Å². The molecule has 0 aliphatic carbocycles. The van der Waals surface area contributed by atoms with Gasteiger partial charge >= 0.3 is 0 Å². The first-order chi connectivity index (χ1) is 6.50. The van der Waals surface area contributed by atoms with E-state index >= 15 is 0 Å². The number of nitrogens with zero attached hydrogens (tertiary/aromatic N) is 3. The van der Waals surface area contributed by atoms with Gasteiger partial charge in [-0.25, -0.2) is 9.97 Å². The number of nitro groups is 1. The lowest BCUT2D eigenvalue weighted by molar-refractivity contribution is -0.491. The van der Waals surface area contributed by atoms with Gasteiger partial charge in [-0.2, -0.15) is 0 Å². The third-order valence-electron chi connectivity index (χ3n) is 1.42. The van der Waals surface area contributed by atoms with Crippen molar-refractivity contribution in [2.24, 2.45) is 0 Å². The van der Waals surface area contributed by atoms with E-state index in [1.54, 1.807) is 0 Å². The molecule has 76 valence electrons. The molecule has 0 amide bonds. The number of hydrogen-bond donors (Lipinski definition) is 1. The molecule has 0 saturated heterocycles. The van der Waals surface area contributed by atoms with E-state index in [1.165, 1.54) is 0 Å². The van der Waals surface area contributed by atoms with Crippen LogP contribution in [0.3, 0.4) is 0 Å². The Hall–Kier alpha value is -0.980. The number of aliphatic hydroxyl groups excluding tert-OH is 1. The van der Waals surface area contributed by atoms with Gasteiger partial charge < -0.3 is 5.11 Å². The molecule has 0 saturated carbocycles. The monoisotopic (exact) mass is 237 g/mol. The Bertz CT molecular complexity index is 360. The first-order valence-electron chi connectivity index (χ1n) is 3.48. The molecule has 0 aliphatic rings. The molecule has 1 unspecified atom stereocenters. The van der Waals surface area contributed by atoms with Crippen molar-refractivity contribution in [3.63, 3.8) is 0 Å². The highest BCUT2D eigenvalue weighted by Crippen LogP contribution is 2.21. The van der Waals surface area contributed by atoms with Crippen molar-refractivity contribution >= 4 is 23.2 Å². The molecule has 1 rings (SSSR count). The third kappa shape index (κ3) is 2.76. The van der Waals surface area contributed by atoms with Crippen LogP contribution in [0.15, 0.2) is 6.20 Å². The molecular weight excluding hydrogens is 233 g/mol. The van der Waals surface area contributed by atoms with Crippen molar-refractivity contribution in [1.29, 1.82) is 0 Å². The molecule has 0 radical (unpaired) electrons. The molecule has 1 aromatic heterocycles. The average Bonchev–Trinajstić information content (AvgIpc) is 2.01. The van der Waals surface area contributed by atoms with Gasteiger partial charge in [0.05, 0.1) is 0 Å². The zero-order chi connectivity index (χ0) is 10.7. The molecule has 0 spiro atoms. The van der Waals surface area contributed by atoms with Crippen molar-refractivity contribution < 1.29 is 10.0 Å². The highest BCUT2D eigenvalue weighted by molar-refractivity contribution is 6.32. The fourth-order valence-electron chi connectivity index (χ4n) is 0.814. The molecule has 1 aromatic rings. The van der Waals surface area contributed by atoms with E-state index in [9.17, 15) is 15.2 Å². The minimum atomic E-state index is -1.32. The molecule has 0 bridgehead atoms. The van der Waals surface area contributed by atoms with E-state index < -0.39 is 17.6 Å². The maximum atomic E-state index is 10.1. The summed E-state index contributed by atoms with van der Waals surface area (Å²) in [6.45, 7) is -0.648. The van der Waals surface area contributed by atoms with Gasteiger partial charge in [0.15, 0.2) is 0 Å². The number of rotatable bonds is 3. The SMILES string of the molecule is O=[N+]([O-])CC(O)c1cnc(Cl)nc1Cl.